The van der Waals surface area contributed by atoms with Gasteiger partial charge in [-0.3, -0.25) is 0 Å². The largest absolute Gasteiger partial charge is 0.341 e. The van der Waals surface area contributed by atoms with Crippen LogP contribution in [0.4, 0.5) is 5.95 Å². The van der Waals surface area contributed by atoms with E-state index in [4.69, 9.17) is 11.6 Å². The lowest BCUT2D eigenvalue weighted by Crippen LogP contribution is -2.32. The molecule has 0 bridgehead atoms. The third-order valence-electron chi connectivity index (χ3n) is 3.44. The number of aromatic nitrogens is 6. The van der Waals surface area contributed by atoms with Gasteiger partial charge in [-0.25, -0.2) is 4.98 Å². The maximum Gasteiger partial charge on any atom is 0.258 e. The van der Waals surface area contributed by atoms with Gasteiger partial charge in [0.05, 0.1) is 0 Å². The average Bonchev–Trinajstić information content (AvgIpc) is 3.11. The second-order valence-corrected chi connectivity index (χ2v) is 5.07. The predicted octanol–water partition coefficient (Wildman–Crippen LogP) is 1.34. The van der Waals surface area contributed by atoms with Crippen LogP contribution < -0.4 is 4.90 Å². The number of halogens is 1. The molecule has 8 heteroatoms. The Kier molecular flexibility index (Phi) is 3.06. The fourth-order valence-electron chi connectivity index (χ4n) is 1.98. The van der Waals surface area contributed by atoms with Crippen molar-refractivity contribution in [3.8, 4) is 5.95 Å². The maximum atomic E-state index is 5.96. The molecule has 1 aliphatic carbocycles. The summed E-state index contributed by atoms with van der Waals surface area (Å²) in [6.45, 7) is 2.17. The average molecular weight is 280 g/mol. The Morgan fingerprint density at radius 1 is 1.37 bits per heavy atom. The van der Waals surface area contributed by atoms with Crippen LogP contribution in [0.1, 0.15) is 19.8 Å². The van der Waals surface area contributed by atoms with Crippen molar-refractivity contribution in [3.63, 3.8) is 0 Å². The molecule has 0 radical (unpaired) electrons. The van der Waals surface area contributed by atoms with E-state index in [1.807, 2.05) is 11.9 Å². The van der Waals surface area contributed by atoms with Crippen molar-refractivity contribution in [1.29, 1.82) is 0 Å². The number of anilines is 1. The Labute approximate surface area is 115 Å². The van der Waals surface area contributed by atoms with Crippen molar-refractivity contribution in [2.45, 2.75) is 25.8 Å². The third-order valence-corrected chi connectivity index (χ3v) is 3.61. The fourth-order valence-corrected chi connectivity index (χ4v) is 2.13. The molecule has 2 aromatic rings. The predicted molar refractivity (Wildman–Crippen MR) is 70.3 cm³/mol. The molecule has 2 aromatic heterocycles. The Morgan fingerprint density at radius 3 is 2.79 bits per heavy atom. The zero-order valence-corrected chi connectivity index (χ0v) is 11.5. The lowest BCUT2D eigenvalue weighted by molar-refractivity contribution is 0.594. The summed E-state index contributed by atoms with van der Waals surface area (Å²) in [4.78, 5) is 18.5. The monoisotopic (exact) mass is 279 g/mol. The molecule has 1 atom stereocenters. The lowest BCUT2D eigenvalue weighted by atomic mass is 10.2. The Morgan fingerprint density at radius 2 is 2.16 bits per heavy atom. The summed E-state index contributed by atoms with van der Waals surface area (Å²) in [6, 6.07) is 0.391. The molecule has 1 aliphatic rings. The summed E-state index contributed by atoms with van der Waals surface area (Å²) in [5, 5.41) is 4.15. The van der Waals surface area contributed by atoms with Gasteiger partial charge in [-0.15, -0.1) is 0 Å². The van der Waals surface area contributed by atoms with Crippen LogP contribution in [0.15, 0.2) is 12.7 Å². The van der Waals surface area contributed by atoms with E-state index in [2.05, 4.69) is 32.0 Å². The molecule has 2 heterocycles. The summed E-state index contributed by atoms with van der Waals surface area (Å²) in [7, 11) is 1.97. The quantitative estimate of drug-likeness (QED) is 0.841. The highest BCUT2D eigenvalue weighted by Crippen LogP contribution is 2.35. The van der Waals surface area contributed by atoms with E-state index in [9.17, 15) is 0 Å². The van der Waals surface area contributed by atoms with Gasteiger partial charge in [0, 0.05) is 13.1 Å². The van der Waals surface area contributed by atoms with Crippen molar-refractivity contribution >= 4 is 17.5 Å². The Bertz CT molecular complexity index is 566. The summed E-state index contributed by atoms with van der Waals surface area (Å²) >= 11 is 5.96. The lowest BCUT2D eigenvalue weighted by Gasteiger charge is -2.24. The van der Waals surface area contributed by atoms with E-state index in [1.165, 1.54) is 30.2 Å². The molecule has 1 saturated carbocycles. The van der Waals surface area contributed by atoms with Crippen LogP contribution in [-0.2, 0) is 0 Å². The molecular formula is C11H14ClN7. The van der Waals surface area contributed by atoms with Crippen LogP contribution in [0.2, 0.25) is 5.28 Å². The minimum Gasteiger partial charge on any atom is -0.341 e. The summed E-state index contributed by atoms with van der Waals surface area (Å²) < 4.78 is 1.46. The molecule has 3 rings (SSSR count). The van der Waals surface area contributed by atoms with Gasteiger partial charge in [0.2, 0.25) is 11.2 Å². The first kappa shape index (κ1) is 12.3. The van der Waals surface area contributed by atoms with Gasteiger partial charge in [-0.05, 0) is 37.3 Å². The second-order valence-electron chi connectivity index (χ2n) is 4.73. The van der Waals surface area contributed by atoms with E-state index in [-0.39, 0.29) is 5.28 Å². The van der Waals surface area contributed by atoms with Crippen LogP contribution in [0.25, 0.3) is 5.95 Å². The molecule has 19 heavy (non-hydrogen) atoms. The molecule has 0 N–H and O–H groups in total. The summed E-state index contributed by atoms with van der Waals surface area (Å²) in [6.07, 6.45) is 5.48. The molecule has 100 valence electrons. The highest BCUT2D eigenvalue weighted by Gasteiger charge is 2.31. The zero-order valence-electron chi connectivity index (χ0n) is 10.7. The smallest absolute Gasteiger partial charge is 0.258 e. The van der Waals surface area contributed by atoms with E-state index in [0.717, 1.165) is 5.92 Å². The molecule has 0 amide bonds. The molecule has 0 aromatic carbocycles. The van der Waals surface area contributed by atoms with E-state index < -0.39 is 0 Å². The van der Waals surface area contributed by atoms with E-state index >= 15 is 0 Å². The fraction of sp³-hybridized carbons (Fsp3) is 0.545. The van der Waals surface area contributed by atoms with Crippen molar-refractivity contribution in [3.05, 3.63) is 17.9 Å². The van der Waals surface area contributed by atoms with Crippen molar-refractivity contribution in [1.82, 2.24) is 29.7 Å². The van der Waals surface area contributed by atoms with Gasteiger partial charge in [-0.1, -0.05) is 0 Å². The minimum atomic E-state index is 0.158. The SMILES string of the molecule is CC(C1CC1)N(C)c1nc(Cl)nc(-n2cncn2)n1. The highest BCUT2D eigenvalue weighted by atomic mass is 35.5. The van der Waals surface area contributed by atoms with Crippen molar-refractivity contribution in [2.75, 3.05) is 11.9 Å². The van der Waals surface area contributed by atoms with Gasteiger partial charge in [-0.2, -0.15) is 24.7 Å². The van der Waals surface area contributed by atoms with Gasteiger partial charge in [0.15, 0.2) is 0 Å². The Hall–Kier alpha value is -1.76. The first-order valence-corrected chi connectivity index (χ1v) is 6.52. The van der Waals surface area contributed by atoms with Crippen LogP contribution >= 0.6 is 11.6 Å². The van der Waals surface area contributed by atoms with Gasteiger partial charge in [0.1, 0.15) is 12.7 Å². The summed E-state index contributed by atoms with van der Waals surface area (Å²) in [5.41, 5.74) is 0. The molecule has 1 unspecified atom stereocenters. The first-order chi connectivity index (χ1) is 9.15. The molecule has 1 fully saturated rings. The highest BCUT2D eigenvalue weighted by molar-refractivity contribution is 6.28. The standard InChI is InChI=1S/C11H14ClN7/c1-7(8-3-4-8)18(2)10-15-9(12)16-11(17-10)19-6-13-5-14-19/h5-8H,3-4H2,1-2H3. The molecule has 0 spiro atoms. The van der Waals surface area contributed by atoms with Crippen molar-refractivity contribution in [2.24, 2.45) is 5.92 Å². The molecule has 0 saturated heterocycles. The van der Waals surface area contributed by atoms with E-state index in [1.54, 1.807) is 0 Å². The topological polar surface area (TPSA) is 72.6 Å². The number of hydrogen-bond acceptors (Lipinski definition) is 6. The minimum absolute atomic E-state index is 0.158. The van der Waals surface area contributed by atoms with Gasteiger partial charge >= 0.3 is 0 Å². The van der Waals surface area contributed by atoms with Gasteiger partial charge in [0.25, 0.3) is 5.95 Å². The van der Waals surface area contributed by atoms with Crippen LogP contribution in [0, 0.1) is 5.92 Å². The van der Waals surface area contributed by atoms with Crippen LogP contribution in [0.5, 0.6) is 0 Å². The maximum absolute atomic E-state index is 5.96. The summed E-state index contributed by atoms with van der Waals surface area (Å²) in [5.74, 6) is 1.66. The zero-order chi connectivity index (χ0) is 13.4. The Balaban J connectivity index is 1.93. The van der Waals surface area contributed by atoms with Crippen LogP contribution in [-0.4, -0.2) is 42.8 Å². The van der Waals surface area contributed by atoms with Crippen molar-refractivity contribution < 1.29 is 0 Å². The second kappa shape index (κ2) is 4.73. The molecular weight excluding hydrogens is 266 g/mol. The van der Waals surface area contributed by atoms with Gasteiger partial charge < -0.3 is 4.90 Å². The van der Waals surface area contributed by atoms with E-state index in [0.29, 0.717) is 17.9 Å². The number of hydrogen-bond donors (Lipinski definition) is 0. The normalized spacial score (nSPS) is 16.4. The number of rotatable bonds is 4. The third kappa shape index (κ3) is 2.51. The molecule has 0 aliphatic heterocycles. The first-order valence-electron chi connectivity index (χ1n) is 6.14. The van der Waals surface area contributed by atoms with Crippen LogP contribution in [0.3, 0.4) is 0 Å². The molecule has 7 nitrogen and oxygen atoms in total. The number of nitrogens with zero attached hydrogens (tertiary/aromatic N) is 7.